The third-order valence-corrected chi connectivity index (χ3v) is 4.38. The number of hydrogen-bond acceptors (Lipinski definition) is 4. The van der Waals surface area contributed by atoms with Crippen molar-refractivity contribution in [1.29, 1.82) is 0 Å². The highest BCUT2D eigenvalue weighted by atomic mass is 35.5. The minimum absolute atomic E-state index is 0.0213. The molecule has 0 spiro atoms. The van der Waals surface area contributed by atoms with E-state index in [0.29, 0.717) is 17.3 Å². The van der Waals surface area contributed by atoms with Gasteiger partial charge in [0.1, 0.15) is 11.5 Å². The molecule has 24 heavy (non-hydrogen) atoms. The summed E-state index contributed by atoms with van der Waals surface area (Å²) in [4.78, 5) is 14.4. The molecule has 1 fully saturated rings. The molecule has 1 aromatic heterocycles. The summed E-state index contributed by atoms with van der Waals surface area (Å²) in [6.45, 7) is 2.55. The Labute approximate surface area is 146 Å². The monoisotopic (exact) mass is 348 g/mol. The first-order valence-corrected chi connectivity index (χ1v) is 8.53. The van der Waals surface area contributed by atoms with Crippen LogP contribution in [0.5, 0.6) is 5.75 Å². The molecule has 0 saturated carbocycles. The lowest BCUT2D eigenvalue weighted by atomic mass is 10.2. The van der Waals surface area contributed by atoms with Gasteiger partial charge >= 0.3 is 0 Å². The smallest absolute Gasteiger partial charge is 0.258 e. The van der Waals surface area contributed by atoms with Gasteiger partial charge < -0.3 is 14.5 Å². The number of carbonyl (C=O) groups excluding carboxylic acids is 1. The largest absolute Gasteiger partial charge is 0.484 e. The van der Waals surface area contributed by atoms with E-state index < -0.39 is 0 Å². The van der Waals surface area contributed by atoms with E-state index >= 15 is 0 Å². The van der Waals surface area contributed by atoms with Gasteiger partial charge in [0.2, 0.25) is 0 Å². The second kappa shape index (κ2) is 8.22. The number of hydrogen-bond donors (Lipinski definition) is 1. The predicted molar refractivity (Wildman–Crippen MR) is 92.2 cm³/mol. The Balaban J connectivity index is 1.50. The van der Waals surface area contributed by atoms with E-state index in [2.05, 4.69) is 10.2 Å². The fourth-order valence-electron chi connectivity index (χ4n) is 2.89. The number of likely N-dealkylation sites (tertiary alicyclic amines) is 1. The van der Waals surface area contributed by atoms with Gasteiger partial charge in [-0.2, -0.15) is 0 Å². The maximum atomic E-state index is 12.1. The third kappa shape index (κ3) is 4.52. The number of ether oxygens (including phenoxy) is 1. The highest BCUT2D eigenvalue weighted by Crippen LogP contribution is 2.24. The Kier molecular flexibility index (Phi) is 5.77. The first-order valence-electron chi connectivity index (χ1n) is 8.15. The first-order chi connectivity index (χ1) is 11.7. The summed E-state index contributed by atoms with van der Waals surface area (Å²) in [5.41, 5.74) is 0. The second-order valence-electron chi connectivity index (χ2n) is 5.82. The molecule has 0 radical (unpaired) electrons. The summed E-state index contributed by atoms with van der Waals surface area (Å²) in [7, 11) is 0. The molecule has 1 N–H and O–H groups in total. The number of nitrogens with zero attached hydrogens (tertiary/aromatic N) is 1. The summed E-state index contributed by atoms with van der Waals surface area (Å²) in [6, 6.07) is 10.9. The number of rotatable bonds is 7. The molecular formula is C18H21ClN2O3. The molecule has 0 bridgehead atoms. The highest BCUT2D eigenvalue weighted by molar-refractivity contribution is 6.30. The van der Waals surface area contributed by atoms with E-state index in [1.54, 1.807) is 30.5 Å². The highest BCUT2D eigenvalue weighted by Gasteiger charge is 2.25. The van der Waals surface area contributed by atoms with Gasteiger partial charge in [-0.25, -0.2) is 0 Å². The van der Waals surface area contributed by atoms with Crippen molar-refractivity contribution in [2.24, 2.45) is 0 Å². The summed E-state index contributed by atoms with van der Waals surface area (Å²) in [5.74, 6) is 1.35. The van der Waals surface area contributed by atoms with Gasteiger partial charge in [0.15, 0.2) is 6.61 Å². The Morgan fingerprint density at radius 1 is 1.25 bits per heavy atom. The number of furan rings is 1. The maximum Gasteiger partial charge on any atom is 0.258 e. The van der Waals surface area contributed by atoms with Crippen LogP contribution in [0.2, 0.25) is 5.02 Å². The molecule has 1 amide bonds. The van der Waals surface area contributed by atoms with Crippen molar-refractivity contribution >= 4 is 17.5 Å². The molecule has 1 atom stereocenters. The zero-order valence-electron chi connectivity index (χ0n) is 13.4. The summed E-state index contributed by atoms with van der Waals surface area (Å²) >= 11 is 5.82. The van der Waals surface area contributed by atoms with Gasteiger partial charge in [0.25, 0.3) is 5.91 Å². The first kappa shape index (κ1) is 16.9. The van der Waals surface area contributed by atoms with Crippen molar-refractivity contribution in [3.63, 3.8) is 0 Å². The lowest BCUT2D eigenvalue weighted by Gasteiger charge is -2.26. The zero-order valence-corrected chi connectivity index (χ0v) is 14.2. The van der Waals surface area contributed by atoms with E-state index in [-0.39, 0.29) is 18.6 Å². The minimum atomic E-state index is -0.152. The lowest BCUT2D eigenvalue weighted by molar-refractivity contribution is -0.123. The quantitative estimate of drug-likeness (QED) is 0.834. The molecule has 128 valence electrons. The van der Waals surface area contributed by atoms with Crippen LogP contribution in [-0.2, 0) is 4.79 Å². The number of halogens is 1. The Bertz CT molecular complexity index is 637. The van der Waals surface area contributed by atoms with Crippen LogP contribution < -0.4 is 10.1 Å². The minimum Gasteiger partial charge on any atom is -0.484 e. The van der Waals surface area contributed by atoms with Crippen LogP contribution in [0.1, 0.15) is 24.6 Å². The Morgan fingerprint density at radius 3 is 2.67 bits per heavy atom. The molecule has 1 aromatic carbocycles. The second-order valence-corrected chi connectivity index (χ2v) is 6.26. The molecule has 0 aliphatic carbocycles. The molecule has 1 unspecified atom stereocenters. The molecular weight excluding hydrogens is 328 g/mol. The standard InChI is InChI=1S/C18H21ClN2O3/c19-14-5-7-15(8-6-14)24-13-18(22)20-12-16(17-4-3-11-23-17)21-9-1-2-10-21/h3-8,11,16H,1-2,9-10,12-13H2,(H,20,22). The van der Waals surface area contributed by atoms with E-state index in [4.69, 9.17) is 20.8 Å². The normalized spacial score (nSPS) is 16.0. The van der Waals surface area contributed by atoms with Crippen molar-refractivity contribution in [2.75, 3.05) is 26.2 Å². The van der Waals surface area contributed by atoms with E-state index in [9.17, 15) is 4.79 Å². The molecule has 1 aliphatic heterocycles. The third-order valence-electron chi connectivity index (χ3n) is 4.13. The van der Waals surface area contributed by atoms with E-state index in [0.717, 1.165) is 18.8 Å². The van der Waals surface area contributed by atoms with Gasteiger partial charge in [0.05, 0.1) is 12.3 Å². The molecule has 2 heterocycles. The summed E-state index contributed by atoms with van der Waals surface area (Å²) < 4.78 is 11.0. The van der Waals surface area contributed by atoms with Crippen LogP contribution in [0.3, 0.4) is 0 Å². The number of nitrogens with one attached hydrogen (secondary N) is 1. The van der Waals surface area contributed by atoms with Crippen molar-refractivity contribution in [2.45, 2.75) is 18.9 Å². The van der Waals surface area contributed by atoms with Gasteiger partial charge in [-0.3, -0.25) is 9.69 Å². The Hall–Kier alpha value is -1.98. The molecule has 1 aliphatic rings. The van der Waals surface area contributed by atoms with Crippen LogP contribution in [0.4, 0.5) is 0 Å². The average molecular weight is 349 g/mol. The van der Waals surface area contributed by atoms with Crippen molar-refractivity contribution in [3.05, 3.63) is 53.4 Å². The van der Waals surface area contributed by atoms with Crippen LogP contribution >= 0.6 is 11.6 Å². The fourth-order valence-corrected chi connectivity index (χ4v) is 3.01. The fraction of sp³-hybridized carbons (Fsp3) is 0.389. The molecule has 5 nitrogen and oxygen atoms in total. The van der Waals surface area contributed by atoms with Crippen LogP contribution in [-0.4, -0.2) is 37.0 Å². The topological polar surface area (TPSA) is 54.7 Å². The summed E-state index contributed by atoms with van der Waals surface area (Å²) in [5, 5.41) is 3.58. The van der Waals surface area contributed by atoms with Crippen molar-refractivity contribution < 1.29 is 13.9 Å². The van der Waals surface area contributed by atoms with Gasteiger partial charge in [0, 0.05) is 11.6 Å². The van der Waals surface area contributed by atoms with Gasteiger partial charge in [-0.1, -0.05) is 11.6 Å². The van der Waals surface area contributed by atoms with Crippen molar-refractivity contribution in [3.8, 4) is 5.75 Å². The van der Waals surface area contributed by atoms with Crippen LogP contribution in [0.15, 0.2) is 47.1 Å². The summed E-state index contributed by atoms with van der Waals surface area (Å²) in [6.07, 6.45) is 4.04. The van der Waals surface area contributed by atoms with Gasteiger partial charge in [-0.15, -0.1) is 0 Å². The average Bonchev–Trinajstić information content (AvgIpc) is 3.29. The van der Waals surface area contributed by atoms with Crippen molar-refractivity contribution in [1.82, 2.24) is 10.2 Å². The Morgan fingerprint density at radius 2 is 2.00 bits per heavy atom. The van der Waals surface area contributed by atoms with E-state index in [1.165, 1.54) is 12.8 Å². The van der Waals surface area contributed by atoms with Crippen LogP contribution in [0.25, 0.3) is 0 Å². The predicted octanol–water partition coefficient (Wildman–Crippen LogP) is 3.27. The molecule has 3 rings (SSSR count). The molecule has 1 saturated heterocycles. The SMILES string of the molecule is O=C(COc1ccc(Cl)cc1)NCC(c1ccco1)N1CCCC1. The number of amides is 1. The van der Waals surface area contributed by atoms with E-state index in [1.807, 2.05) is 12.1 Å². The van der Waals surface area contributed by atoms with Gasteiger partial charge in [-0.05, 0) is 62.3 Å². The lowest BCUT2D eigenvalue weighted by Crippen LogP contribution is -2.38. The number of carbonyl (C=O) groups is 1. The zero-order chi connectivity index (χ0) is 16.8. The molecule has 6 heteroatoms. The van der Waals surface area contributed by atoms with Crippen LogP contribution in [0, 0.1) is 0 Å². The molecule has 2 aromatic rings. The maximum absolute atomic E-state index is 12.1. The number of benzene rings is 1.